The Morgan fingerprint density at radius 3 is 2.39 bits per heavy atom. The summed E-state index contributed by atoms with van der Waals surface area (Å²) in [5, 5.41) is 8.97. The van der Waals surface area contributed by atoms with E-state index in [-0.39, 0.29) is 36.4 Å². The molecule has 0 saturated heterocycles. The number of benzene rings is 1. The quantitative estimate of drug-likeness (QED) is 0.296. The Balaban J connectivity index is 0.00000264. The summed E-state index contributed by atoms with van der Waals surface area (Å²) in [4.78, 5) is 26.5. The number of nitrogens with zero attached hydrogens (tertiary/aromatic N) is 1. The van der Waals surface area contributed by atoms with Gasteiger partial charge in [-0.15, -0.1) is 24.0 Å². The topological polar surface area (TPSA) is 109 Å². The Hall–Kier alpha value is -1.84. The number of hydrogen-bond donors (Lipinski definition) is 4. The SMILES string of the molecule is CN=C(NCc1ccc(C(=O)NCC(N)=O)cc1)NC1CC1.I. The van der Waals surface area contributed by atoms with E-state index < -0.39 is 5.91 Å². The number of rotatable bonds is 6. The maximum Gasteiger partial charge on any atom is 0.251 e. The van der Waals surface area contributed by atoms with E-state index in [0.717, 1.165) is 11.5 Å². The summed E-state index contributed by atoms with van der Waals surface area (Å²) in [6.07, 6.45) is 2.38. The highest BCUT2D eigenvalue weighted by Crippen LogP contribution is 2.18. The first kappa shape index (κ1) is 19.2. The smallest absolute Gasteiger partial charge is 0.251 e. The molecular weight excluding hydrogens is 409 g/mol. The number of nitrogens with one attached hydrogen (secondary N) is 3. The molecule has 8 heteroatoms. The fourth-order valence-electron chi connectivity index (χ4n) is 1.84. The lowest BCUT2D eigenvalue weighted by Gasteiger charge is -2.11. The Morgan fingerprint density at radius 1 is 1.22 bits per heavy atom. The number of carbonyl (C=O) groups excluding carboxylic acids is 2. The van der Waals surface area contributed by atoms with Crippen molar-refractivity contribution in [3.8, 4) is 0 Å². The normalized spacial score (nSPS) is 13.7. The molecule has 0 spiro atoms. The Bertz CT molecular complexity index is 570. The molecule has 1 saturated carbocycles. The molecule has 2 rings (SSSR count). The van der Waals surface area contributed by atoms with Crippen LogP contribution in [-0.4, -0.2) is 37.4 Å². The van der Waals surface area contributed by atoms with E-state index in [1.54, 1.807) is 19.2 Å². The zero-order valence-corrected chi connectivity index (χ0v) is 15.3. The lowest BCUT2D eigenvalue weighted by Crippen LogP contribution is -2.38. The van der Waals surface area contributed by atoms with Crippen molar-refractivity contribution >= 4 is 41.8 Å². The summed E-state index contributed by atoms with van der Waals surface area (Å²) in [5.74, 6) is -0.0981. The van der Waals surface area contributed by atoms with Gasteiger partial charge in [0, 0.05) is 25.2 Å². The minimum Gasteiger partial charge on any atom is -0.368 e. The molecule has 7 nitrogen and oxygen atoms in total. The van der Waals surface area contributed by atoms with Gasteiger partial charge in [-0.05, 0) is 30.5 Å². The van der Waals surface area contributed by atoms with E-state index in [0.29, 0.717) is 18.2 Å². The van der Waals surface area contributed by atoms with E-state index >= 15 is 0 Å². The number of aliphatic imine (C=N–C) groups is 1. The number of carbonyl (C=O) groups is 2. The van der Waals surface area contributed by atoms with E-state index in [9.17, 15) is 9.59 Å². The maximum absolute atomic E-state index is 11.7. The minimum absolute atomic E-state index is 0. The minimum atomic E-state index is -0.566. The number of nitrogens with two attached hydrogens (primary N) is 1. The second-order valence-corrected chi connectivity index (χ2v) is 5.19. The number of hydrogen-bond acceptors (Lipinski definition) is 3. The van der Waals surface area contributed by atoms with Crippen molar-refractivity contribution in [2.45, 2.75) is 25.4 Å². The lowest BCUT2D eigenvalue weighted by molar-refractivity contribution is -0.117. The number of primary amides is 1. The summed E-state index contributed by atoms with van der Waals surface area (Å²) in [7, 11) is 1.74. The molecule has 1 aliphatic rings. The van der Waals surface area contributed by atoms with Crippen molar-refractivity contribution in [1.82, 2.24) is 16.0 Å². The van der Waals surface area contributed by atoms with Crippen molar-refractivity contribution in [3.05, 3.63) is 35.4 Å². The highest BCUT2D eigenvalue weighted by atomic mass is 127. The van der Waals surface area contributed by atoms with Gasteiger partial charge in [-0.25, -0.2) is 0 Å². The molecule has 23 heavy (non-hydrogen) atoms. The Morgan fingerprint density at radius 2 is 1.87 bits per heavy atom. The zero-order valence-electron chi connectivity index (χ0n) is 13.0. The maximum atomic E-state index is 11.7. The standard InChI is InChI=1S/C15H21N5O2.HI/c1-17-15(20-12-6-7-12)19-8-10-2-4-11(5-3-10)14(22)18-9-13(16)21;/h2-5,12H,6-9H2,1H3,(H2,16,21)(H,18,22)(H2,17,19,20);1H. The fraction of sp³-hybridized carbons (Fsp3) is 0.400. The van der Waals surface area contributed by atoms with Crippen LogP contribution in [0.15, 0.2) is 29.3 Å². The predicted molar refractivity (Wildman–Crippen MR) is 99.7 cm³/mol. The molecule has 126 valence electrons. The third-order valence-electron chi connectivity index (χ3n) is 3.24. The molecule has 1 aromatic rings. The van der Waals surface area contributed by atoms with Crippen LogP contribution in [0.25, 0.3) is 0 Å². The summed E-state index contributed by atoms with van der Waals surface area (Å²) < 4.78 is 0. The van der Waals surface area contributed by atoms with Crippen LogP contribution in [0.3, 0.4) is 0 Å². The van der Waals surface area contributed by atoms with Crippen LogP contribution in [0, 0.1) is 0 Å². The summed E-state index contributed by atoms with van der Waals surface area (Å²) in [5.41, 5.74) is 6.51. The average molecular weight is 431 g/mol. The fourth-order valence-corrected chi connectivity index (χ4v) is 1.84. The highest BCUT2D eigenvalue weighted by Gasteiger charge is 2.21. The molecule has 5 N–H and O–H groups in total. The highest BCUT2D eigenvalue weighted by molar-refractivity contribution is 14.0. The summed E-state index contributed by atoms with van der Waals surface area (Å²) in [6.45, 7) is 0.459. The van der Waals surface area contributed by atoms with Crippen LogP contribution in [0.2, 0.25) is 0 Å². The third kappa shape index (κ3) is 6.85. The van der Waals surface area contributed by atoms with Crippen molar-refractivity contribution in [1.29, 1.82) is 0 Å². The van der Waals surface area contributed by atoms with E-state index in [2.05, 4.69) is 20.9 Å². The van der Waals surface area contributed by atoms with E-state index in [4.69, 9.17) is 5.73 Å². The first-order valence-corrected chi connectivity index (χ1v) is 7.21. The van der Waals surface area contributed by atoms with Gasteiger partial charge >= 0.3 is 0 Å². The van der Waals surface area contributed by atoms with Crippen molar-refractivity contribution in [2.75, 3.05) is 13.6 Å². The number of guanidine groups is 1. The van der Waals surface area contributed by atoms with Crippen LogP contribution in [0.5, 0.6) is 0 Å². The van der Waals surface area contributed by atoms with Gasteiger partial charge in [0.2, 0.25) is 5.91 Å². The largest absolute Gasteiger partial charge is 0.368 e. The van der Waals surface area contributed by atoms with Gasteiger partial charge in [0.25, 0.3) is 5.91 Å². The second kappa shape index (κ2) is 9.33. The van der Waals surface area contributed by atoms with Gasteiger partial charge in [-0.3, -0.25) is 14.6 Å². The third-order valence-corrected chi connectivity index (χ3v) is 3.24. The van der Waals surface area contributed by atoms with E-state index in [1.165, 1.54) is 12.8 Å². The lowest BCUT2D eigenvalue weighted by atomic mass is 10.1. The van der Waals surface area contributed by atoms with Gasteiger partial charge < -0.3 is 21.7 Å². The summed E-state index contributed by atoms with van der Waals surface area (Å²) in [6, 6.07) is 7.68. The van der Waals surface area contributed by atoms with Crippen LogP contribution in [0.1, 0.15) is 28.8 Å². The molecule has 0 bridgehead atoms. The first-order valence-electron chi connectivity index (χ1n) is 7.21. The molecule has 0 radical (unpaired) electrons. The molecule has 0 aromatic heterocycles. The van der Waals surface area contributed by atoms with Crippen molar-refractivity contribution < 1.29 is 9.59 Å². The van der Waals surface area contributed by atoms with Gasteiger partial charge in [0.05, 0.1) is 6.54 Å². The van der Waals surface area contributed by atoms with Gasteiger partial charge in [0.1, 0.15) is 0 Å². The molecule has 0 heterocycles. The van der Waals surface area contributed by atoms with Crippen molar-refractivity contribution in [3.63, 3.8) is 0 Å². The monoisotopic (exact) mass is 431 g/mol. The second-order valence-electron chi connectivity index (χ2n) is 5.19. The Kier molecular flexibility index (Phi) is 7.79. The van der Waals surface area contributed by atoms with Gasteiger partial charge in [0.15, 0.2) is 5.96 Å². The molecule has 1 fully saturated rings. The molecule has 2 amide bonds. The van der Waals surface area contributed by atoms with Crippen LogP contribution >= 0.6 is 24.0 Å². The Labute approximate surface area is 152 Å². The molecule has 1 aromatic carbocycles. The van der Waals surface area contributed by atoms with Gasteiger partial charge in [-0.2, -0.15) is 0 Å². The molecule has 1 aliphatic carbocycles. The molecular formula is C15H22IN5O2. The number of halogens is 1. The first-order chi connectivity index (χ1) is 10.6. The zero-order chi connectivity index (χ0) is 15.9. The number of amides is 2. The van der Waals surface area contributed by atoms with Crippen molar-refractivity contribution in [2.24, 2.45) is 10.7 Å². The molecule has 0 unspecified atom stereocenters. The average Bonchev–Trinajstić information content (AvgIpc) is 3.33. The predicted octanol–water partition coefficient (Wildman–Crippen LogP) is 0.347. The van der Waals surface area contributed by atoms with Gasteiger partial charge in [-0.1, -0.05) is 12.1 Å². The van der Waals surface area contributed by atoms with Crippen LogP contribution < -0.4 is 21.7 Å². The summed E-state index contributed by atoms with van der Waals surface area (Å²) >= 11 is 0. The molecule has 0 atom stereocenters. The molecule has 0 aliphatic heterocycles. The van der Waals surface area contributed by atoms with Crippen LogP contribution in [0.4, 0.5) is 0 Å². The van der Waals surface area contributed by atoms with Crippen LogP contribution in [-0.2, 0) is 11.3 Å². The van der Waals surface area contributed by atoms with E-state index in [1.807, 2.05) is 12.1 Å².